The lowest BCUT2D eigenvalue weighted by Gasteiger charge is -1.99. The Bertz CT molecular complexity index is 133. The summed E-state index contributed by atoms with van der Waals surface area (Å²) in [5.74, 6) is 0.653. The van der Waals surface area contributed by atoms with Gasteiger partial charge in [0.2, 0.25) is 0 Å². The molecule has 1 unspecified atom stereocenters. The Morgan fingerprint density at radius 2 is 2.62 bits per heavy atom. The molecule has 0 spiro atoms. The topological polar surface area (TPSA) is 26.0 Å². The Morgan fingerprint density at radius 3 is 2.88 bits per heavy atom. The second-order valence-electron chi connectivity index (χ2n) is 2.21. The first kappa shape index (κ1) is 5.42. The predicted octanol–water partition coefficient (Wildman–Crippen LogP) is 1.43. The molecule has 0 aliphatic heterocycles. The Balaban J connectivity index is 2.67. The van der Waals surface area contributed by atoms with E-state index in [1.54, 1.807) is 6.20 Å². The van der Waals surface area contributed by atoms with Gasteiger partial charge in [-0.05, 0) is 24.1 Å². The van der Waals surface area contributed by atoms with Crippen LogP contribution in [-0.2, 0) is 0 Å². The molecule has 0 saturated heterocycles. The summed E-state index contributed by atoms with van der Waals surface area (Å²) in [7, 11) is 0. The van der Waals surface area contributed by atoms with E-state index in [1.165, 1.54) is 5.57 Å². The molecule has 0 saturated carbocycles. The van der Waals surface area contributed by atoms with Crippen LogP contribution in [0.2, 0.25) is 0 Å². The second kappa shape index (κ2) is 2.03. The fourth-order valence-corrected chi connectivity index (χ4v) is 0.928. The van der Waals surface area contributed by atoms with E-state index in [9.17, 15) is 0 Å². The van der Waals surface area contributed by atoms with E-state index in [1.807, 2.05) is 0 Å². The van der Waals surface area contributed by atoms with Gasteiger partial charge in [-0.2, -0.15) is 0 Å². The Morgan fingerprint density at radius 1 is 1.88 bits per heavy atom. The smallest absolute Gasteiger partial charge is 0.00270 e. The molecule has 0 bridgehead atoms. The van der Waals surface area contributed by atoms with E-state index in [0.29, 0.717) is 5.92 Å². The number of nitrogens with two attached hydrogens (primary N) is 1. The summed E-state index contributed by atoms with van der Waals surface area (Å²) in [6, 6.07) is 0. The van der Waals surface area contributed by atoms with Gasteiger partial charge in [0.25, 0.3) is 0 Å². The Kier molecular flexibility index (Phi) is 1.38. The zero-order valence-electron chi connectivity index (χ0n) is 5.09. The largest absolute Gasteiger partial charge is 0.404 e. The molecule has 1 atom stereocenters. The average molecular weight is 109 g/mol. The number of rotatable bonds is 0. The molecule has 0 aromatic rings. The standard InChI is InChI=1S/C7H11N/c1-6-3-2-4-7(6)5-8/h2,4-6H,3,8H2,1H3/b7-5+. The first-order chi connectivity index (χ1) is 3.84. The highest BCUT2D eigenvalue weighted by Gasteiger charge is 2.07. The number of hydrogen-bond acceptors (Lipinski definition) is 1. The molecule has 0 fully saturated rings. The SMILES string of the molecule is CC1CC=C/C1=C\N. The van der Waals surface area contributed by atoms with Crippen LogP contribution in [0.1, 0.15) is 13.3 Å². The number of hydrogen-bond donors (Lipinski definition) is 1. The number of allylic oxidation sites excluding steroid dienone is 3. The van der Waals surface area contributed by atoms with Crippen LogP contribution in [-0.4, -0.2) is 0 Å². The summed E-state index contributed by atoms with van der Waals surface area (Å²) in [4.78, 5) is 0. The van der Waals surface area contributed by atoms with Crippen LogP contribution in [0.3, 0.4) is 0 Å². The molecular weight excluding hydrogens is 98.1 g/mol. The molecular formula is C7H11N. The van der Waals surface area contributed by atoms with E-state index in [4.69, 9.17) is 5.73 Å². The molecule has 1 aliphatic carbocycles. The van der Waals surface area contributed by atoms with Crippen molar-refractivity contribution in [3.8, 4) is 0 Å². The highest BCUT2D eigenvalue weighted by atomic mass is 14.5. The molecule has 0 radical (unpaired) electrons. The maximum Gasteiger partial charge on any atom is -0.00270 e. The highest BCUT2D eigenvalue weighted by Crippen LogP contribution is 2.21. The minimum atomic E-state index is 0.653. The van der Waals surface area contributed by atoms with Crippen molar-refractivity contribution >= 4 is 0 Å². The zero-order chi connectivity index (χ0) is 5.98. The van der Waals surface area contributed by atoms with Gasteiger partial charge in [-0.25, -0.2) is 0 Å². The molecule has 1 rings (SSSR count). The second-order valence-corrected chi connectivity index (χ2v) is 2.21. The van der Waals surface area contributed by atoms with Crippen LogP contribution >= 0.6 is 0 Å². The molecule has 0 heterocycles. The molecule has 8 heavy (non-hydrogen) atoms. The Labute approximate surface area is 49.9 Å². The Hall–Kier alpha value is -0.720. The summed E-state index contributed by atoms with van der Waals surface area (Å²) in [6.07, 6.45) is 7.09. The summed E-state index contributed by atoms with van der Waals surface area (Å²) < 4.78 is 0. The maximum atomic E-state index is 5.31. The quantitative estimate of drug-likeness (QED) is 0.500. The van der Waals surface area contributed by atoms with E-state index in [-0.39, 0.29) is 0 Å². The van der Waals surface area contributed by atoms with Gasteiger partial charge in [0.1, 0.15) is 0 Å². The van der Waals surface area contributed by atoms with E-state index in [2.05, 4.69) is 19.1 Å². The van der Waals surface area contributed by atoms with Crippen LogP contribution in [0.5, 0.6) is 0 Å². The van der Waals surface area contributed by atoms with Gasteiger partial charge < -0.3 is 5.73 Å². The van der Waals surface area contributed by atoms with Crippen LogP contribution in [0.15, 0.2) is 23.9 Å². The van der Waals surface area contributed by atoms with Gasteiger partial charge in [-0.15, -0.1) is 0 Å². The lowest BCUT2D eigenvalue weighted by Crippen LogP contribution is -1.92. The first-order valence-corrected chi connectivity index (χ1v) is 2.93. The van der Waals surface area contributed by atoms with Crippen LogP contribution < -0.4 is 5.73 Å². The van der Waals surface area contributed by atoms with Crippen LogP contribution in [0.25, 0.3) is 0 Å². The molecule has 2 N–H and O–H groups in total. The van der Waals surface area contributed by atoms with E-state index >= 15 is 0 Å². The van der Waals surface area contributed by atoms with Crippen molar-refractivity contribution in [2.24, 2.45) is 11.7 Å². The van der Waals surface area contributed by atoms with Gasteiger partial charge in [0.15, 0.2) is 0 Å². The third kappa shape index (κ3) is 0.760. The van der Waals surface area contributed by atoms with Crippen molar-refractivity contribution in [1.82, 2.24) is 0 Å². The van der Waals surface area contributed by atoms with Gasteiger partial charge >= 0.3 is 0 Å². The average Bonchev–Trinajstić information content (AvgIpc) is 2.14. The zero-order valence-corrected chi connectivity index (χ0v) is 5.09. The van der Waals surface area contributed by atoms with Crippen molar-refractivity contribution in [1.29, 1.82) is 0 Å². The van der Waals surface area contributed by atoms with Gasteiger partial charge in [0.05, 0.1) is 0 Å². The first-order valence-electron chi connectivity index (χ1n) is 2.93. The minimum Gasteiger partial charge on any atom is -0.404 e. The summed E-state index contributed by atoms with van der Waals surface area (Å²) in [5, 5.41) is 0. The third-order valence-electron chi connectivity index (χ3n) is 1.56. The molecule has 0 amide bonds. The molecule has 1 aliphatic rings. The fourth-order valence-electron chi connectivity index (χ4n) is 0.928. The van der Waals surface area contributed by atoms with Crippen molar-refractivity contribution in [2.45, 2.75) is 13.3 Å². The van der Waals surface area contributed by atoms with E-state index in [0.717, 1.165) is 6.42 Å². The van der Waals surface area contributed by atoms with Crippen molar-refractivity contribution in [3.63, 3.8) is 0 Å². The lowest BCUT2D eigenvalue weighted by atomic mass is 10.1. The van der Waals surface area contributed by atoms with Crippen LogP contribution in [0.4, 0.5) is 0 Å². The van der Waals surface area contributed by atoms with Gasteiger partial charge in [-0.1, -0.05) is 19.1 Å². The molecule has 0 aromatic carbocycles. The van der Waals surface area contributed by atoms with Crippen LogP contribution in [0, 0.1) is 5.92 Å². The summed E-state index contributed by atoms with van der Waals surface area (Å²) in [5.41, 5.74) is 6.58. The maximum absolute atomic E-state index is 5.31. The third-order valence-corrected chi connectivity index (χ3v) is 1.56. The van der Waals surface area contributed by atoms with Crippen molar-refractivity contribution < 1.29 is 0 Å². The minimum absolute atomic E-state index is 0.653. The molecule has 44 valence electrons. The van der Waals surface area contributed by atoms with E-state index < -0.39 is 0 Å². The normalized spacial score (nSPS) is 32.1. The highest BCUT2D eigenvalue weighted by molar-refractivity contribution is 5.25. The molecule has 1 nitrogen and oxygen atoms in total. The van der Waals surface area contributed by atoms with Gasteiger partial charge in [0, 0.05) is 0 Å². The summed E-state index contributed by atoms with van der Waals surface area (Å²) in [6.45, 7) is 2.18. The lowest BCUT2D eigenvalue weighted by molar-refractivity contribution is 0.740. The van der Waals surface area contributed by atoms with Crippen molar-refractivity contribution in [3.05, 3.63) is 23.9 Å². The van der Waals surface area contributed by atoms with Crippen molar-refractivity contribution in [2.75, 3.05) is 0 Å². The monoisotopic (exact) mass is 109 g/mol. The van der Waals surface area contributed by atoms with Gasteiger partial charge in [-0.3, -0.25) is 0 Å². The predicted molar refractivity (Wildman–Crippen MR) is 35.2 cm³/mol. The fraction of sp³-hybridized carbons (Fsp3) is 0.429. The molecule has 0 aromatic heterocycles. The summed E-state index contributed by atoms with van der Waals surface area (Å²) >= 11 is 0. The molecule has 1 heteroatoms.